The van der Waals surface area contributed by atoms with E-state index in [4.69, 9.17) is 11.6 Å². The summed E-state index contributed by atoms with van der Waals surface area (Å²) in [7, 11) is 1.60. The van der Waals surface area contributed by atoms with E-state index < -0.39 is 0 Å². The summed E-state index contributed by atoms with van der Waals surface area (Å²) in [6, 6.07) is 16.8. The fraction of sp³-hybridized carbons (Fsp3) is 0.0556. The number of anilines is 2. The lowest BCUT2D eigenvalue weighted by molar-refractivity contribution is 0.262. The number of nitrogens with one attached hydrogen (secondary N) is 2. The van der Waals surface area contributed by atoms with Gasteiger partial charge in [0.1, 0.15) is 0 Å². The molecule has 2 N–H and O–H groups in total. The molecule has 0 unspecified atom stereocenters. The Balaban J connectivity index is 1.67. The Hall–Kier alpha value is -3.12. The van der Waals surface area contributed by atoms with E-state index in [0.717, 1.165) is 5.56 Å². The van der Waals surface area contributed by atoms with E-state index in [2.05, 4.69) is 15.7 Å². The van der Waals surface area contributed by atoms with Gasteiger partial charge in [0.05, 0.1) is 5.69 Å². The van der Waals surface area contributed by atoms with Crippen LogP contribution in [0.25, 0.3) is 11.3 Å². The normalized spacial score (nSPS) is 10.3. The van der Waals surface area contributed by atoms with Crippen LogP contribution in [0.5, 0.6) is 0 Å². The highest BCUT2D eigenvalue weighted by Crippen LogP contribution is 2.19. The Kier molecular flexibility index (Phi) is 4.81. The molecule has 6 nitrogen and oxygen atoms in total. The van der Waals surface area contributed by atoms with Gasteiger partial charge in [0.2, 0.25) is 0 Å². The molecule has 1 aromatic heterocycles. The van der Waals surface area contributed by atoms with Crippen molar-refractivity contribution in [3.63, 3.8) is 0 Å². The number of hydrogen-bond donors (Lipinski definition) is 2. The summed E-state index contributed by atoms with van der Waals surface area (Å²) in [6.45, 7) is 0. The van der Waals surface area contributed by atoms with Crippen LogP contribution in [-0.2, 0) is 7.05 Å². The van der Waals surface area contributed by atoms with Gasteiger partial charge in [-0.15, -0.1) is 0 Å². The molecule has 7 heteroatoms. The Morgan fingerprint density at radius 1 is 0.920 bits per heavy atom. The molecule has 25 heavy (non-hydrogen) atoms. The number of nitrogens with zero attached hydrogens (tertiary/aromatic N) is 2. The number of amides is 2. The zero-order chi connectivity index (χ0) is 17.8. The first kappa shape index (κ1) is 16.7. The minimum absolute atomic E-state index is 0.166. The van der Waals surface area contributed by atoms with Crippen molar-refractivity contribution in [3.05, 3.63) is 76.0 Å². The third kappa shape index (κ3) is 4.24. The van der Waals surface area contributed by atoms with Crippen LogP contribution in [0.15, 0.2) is 65.5 Å². The lowest BCUT2D eigenvalue weighted by Gasteiger charge is -2.09. The van der Waals surface area contributed by atoms with Crippen molar-refractivity contribution >= 4 is 29.0 Å². The number of rotatable bonds is 3. The molecule has 0 aliphatic rings. The second kappa shape index (κ2) is 7.19. The predicted molar refractivity (Wildman–Crippen MR) is 99.0 cm³/mol. The third-order valence-corrected chi connectivity index (χ3v) is 3.75. The zero-order valence-electron chi connectivity index (χ0n) is 13.4. The molecule has 3 rings (SSSR count). The van der Waals surface area contributed by atoms with Crippen molar-refractivity contribution < 1.29 is 4.79 Å². The zero-order valence-corrected chi connectivity index (χ0v) is 14.1. The fourth-order valence-electron chi connectivity index (χ4n) is 2.21. The molecule has 126 valence electrons. The van der Waals surface area contributed by atoms with Crippen molar-refractivity contribution in [2.24, 2.45) is 7.05 Å². The second-order valence-electron chi connectivity index (χ2n) is 5.34. The molecule has 2 aromatic carbocycles. The van der Waals surface area contributed by atoms with Gasteiger partial charge in [-0.2, -0.15) is 5.10 Å². The molecule has 0 atom stereocenters. The molecule has 0 saturated heterocycles. The Labute approximate surface area is 149 Å². The van der Waals surface area contributed by atoms with E-state index in [1.807, 2.05) is 12.1 Å². The number of aromatic nitrogens is 2. The van der Waals surface area contributed by atoms with Gasteiger partial charge in [0, 0.05) is 35.1 Å². The number of benzene rings is 2. The van der Waals surface area contributed by atoms with Crippen molar-refractivity contribution in [3.8, 4) is 11.3 Å². The van der Waals surface area contributed by atoms with Crippen molar-refractivity contribution in [2.45, 2.75) is 0 Å². The Morgan fingerprint density at radius 3 is 2.04 bits per heavy atom. The quantitative estimate of drug-likeness (QED) is 0.752. The largest absolute Gasteiger partial charge is 0.323 e. The first-order valence-electron chi connectivity index (χ1n) is 7.50. The van der Waals surface area contributed by atoms with Crippen molar-refractivity contribution in [1.82, 2.24) is 9.78 Å². The molecule has 0 aliphatic carbocycles. The van der Waals surface area contributed by atoms with Crippen LogP contribution in [0.3, 0.4) is 0 Å². The van der Waals surface area contributed by atoms with Crippen molar-refractivity contribution in [1.29, 1.82) is 0 Å². The summed E-state index contributed by atoms with van der Waals surface area (Å²) < 4.78 is 1.28. The summed E-state index contributed by atoms with van der Waals surface area (Å²) in [6.07, 6.45) is 0. The highest BCUT2D eigenvalue weighted by molar-refractivity contribution is 6.30. The highest BCUT2D eigenvalue weighted by Gasteiger charge is 2.05. The van der Waals surface area contributed by atoms with Crippen LogP contribution in [0.4, 0.5) is 16.2 Å². The van der Waals surface area contributed by atoms with E-state index in [9.17, 15) is 9.59 Å². The number of aryl methyl sites for hydroxylation is 1. The number of halogens is 1. The maximum absolute atomic E-state index is 12.0. The molecule has 0 radical (unpaired) electrons. The number of carbonyl (C=O) groups excluding carboxylic acids is 1. The van der Waals surface area contributed by atoms with Crippen molar-refractivity contribution in [2.75, 3.05) is 10.6 Å². The molecule has 0 spiro atoms. The van der Waals surface area contributed by atoms with E-state index >= 15 is 0 Å². The number of hydrogen-bond acceptors (Lipinski definition) is 3. The van der Waals surface area contributed by atoms with Gasteiger partial charge in [0.15, 0.2) is 0 Å². The van der Waals surface area contributed by atoms with E-state index in [0.29, 0.717) is 22.1 Å². The standard InChI is InChI=1S/C18H15ClN4O2/c1-23-17(24)11-10-16(22-23)12-2-6-14(7-3-12)20-18(25)21-15-8-4-13(19)5-9-15/h2-11H,1H3,(H2,20,21,25). The van der Waals surface area contributed by atoms with Gasteiger partial charge in [-0.25, -0.2) is 9.48 Å². The molecule has 0 fully saturated rings. The molecular formula is C18H15ClN4O2. The minimum Gasteiger partial charge on any atom is -0.308 e. The highest BCUT2D eigenvalue weighted by atomic mass is 35.5. The monoisotopic (exact) mass is 354 g/mol. The van der Waals surface area contributed by atoms with Gasteiger partial charge in [-0.1, -0.05) is 23.7 Å². The SMILES string of the molecule is Cn1nc(-c2ccc(NC(=O)Nc3ccc(Cl)cc3)cc2)ccc1=O. The summed E-state index contributed by atoms with van der Waals surface area (Å²) in [5, 5.41) is 10.3. The van der Waals surface area contributed by atoms with Gasteiger partial charge < -0.3 is 10.6 Å². The maximum Gasteiger partial charge on any atom is 0.323 e. The van der Waals surface area contributed by atoms with Gasteiger partial charge in [-0.05, 0) is 42.5 Å². The smallest absolute Gasteiger partial charge is 0.308 e. The van der Waals surface area contributed by atoms with E-state index in [-0.39, 0.29) is 11.6 Å². The number of carbonyl (C=O) groups is 1. The Morgan fingerprint density at radius 2 is 1.48 bits per heavy atom. The maximum atomic E-state index is 12.0. The topological polar surface area (TPSA) is 76.0 Å². The molecule has 0 aliphatic heterocycles. The summed E-state index contributed by atoms with van der Waals surface area (Å²) in [5.74, 6) is 0. The average molecular weight is 355 g/mol. The average Bonchev–Trinajstić information content (AvgIpc) is 2.60. The van der Waals surface area contributed by atoms with Crippen LogP contribution < -0.4 is 16.2 Å². The van der Waals surface area contributed by atoms with Gasteiger partial charge in [-0.3, -0.25) is 4.79 Å². The summed E-state index contributed by atoms with van der Waals surface area (Å²) >= 11 is 5.81. The van der Waals surface area contributed by atoms with Crippen LogP contribution in [0.1, 0.15) is 0 Å². The molecule has 0 saturated carbocycles. The number of urea groups is 1. The molecular weight excluding hydrogens is 340 g/mol. The van der Waals surface area contributed by atoms with Crippen LogP contribution in [0, 0.1) is 0 Å². The second-order valence-corrected chi connectivity index (χ2v) is 5.78. The molecule has 1 heterocycles. The lowest BCUT2D eigenvalue weighted by atomic mass is 10.1. The van der Waals surface area contributed by atoms with E-state index in [1.54, 1.807) is 49.5 Å². The molecule has 3 aromatic rings. The van der Waals surface area contributed by atoms with Gasteiger partial charge >= 0.3 is 6.03 Å². The van der Waals surface area contributed by atoms with Crippen LogP contribution in [-0.4, -0.2) is 15.8 Å². The third-order valence-electron chi connectivity index (χ3n) is 3.50. The first-order valence-corrected chi connectivity index (χ1v) is 7.87. The summed E-state index contributed by atoms with van der Waals surface area (Å²) in [5.41, 5.74) is 2.65. The van der Waals surface area contributed by atoms with E-state index in [1.165, 1.54) is 10.7 Å². The van der Waals surface area contributed by atoms with Crippen LogP contribution in [0.2, 0.25) is 5.02 Å². The molecule has 2 amide bonds. The Bertz CT molecular complexity index is 950. The molecule has 0 bridgehead atoms. The van der Waals surface area contributed by atoms with Gasteiger partial charge in [0.25, 0.3) is 5.56 Å². The minimum atomic E-state index is -0.352. The lowest BCUT2D eigenvalue weighted by Crippen LogP contribution is -2.19. The summed E-state index contributed by atoms with van der Waals surface area (Å²) in [4.78, 5) is 23.4. The predicted octanol–water partition coefficient (Wildman–Crippen LogP) is 3.74. The first-order chi connectivity index (χ1) is 12.0. The van der Waals surface area contributed by atoms with Crippen LogP contribution >= 0.6 is 11.6 Å². The fourth-order valence-corrected chi connectivity index (χ4v) is 2.33.